The van der Waals surface area contributed by atoms with Crippen LogP contribution in [-0.2, 0) is 9.53 Å². The van der Waals surface area contributed by atoms with Crippen molar-refractivity contribution >= 4 is 5.97 Å². The van der Waals surface area contributed by atoms with E-state index in [4.69, 9.17) is 4.74 Å². The van der Waals surface area contributed by atoms with Crippen LogP contribution >= 0.6 is 0 Å². The number of carbonyl (C=O) groups is 1. The summed E-state index contributed by atoms with van der Waals surface area (Å²) in [7, 11) is 0. The number of fused-ring (bicyclic) bond motifs is 5. The Balaban J connectivity index is 1.72. The van der Waals surface area contributed by atoms with Gasteiger partial charge in [-0.15, -0.1) is 6.58 Å². The molecule has 0 aliphatic heterocycles. The smallest absolute Gasteiger partial charge is 0.302 e. The number of aliphatic hydroxyl groups is 1. The Bertz CT molecular complexity index is 586. The normalized spacial score (nSPS) is 53.2. The molecule has 146 valence electrons. The molecule has 1 N–H and O–H groups in total. The lowest BCUT2D eigenvalue weighted by Gasteiger charge is -2.62. The van der Waals surface area contributed by atoms with Crippen LogP contribution in [0.3, 0.4) is 0 Å². The Labute approximate surface area is 158 Å². The Morgan fingerprint density at radius 2 is 1.92 bits per heavy atom. The predicted octanol–water partition coefficient (Wildman–Crippen LogP) is 4.73. The van der Waals surface area contributed by atoms with Gasteiger partial charge in [0.2, 0.25) is 0 Å². The highest BCUT2D eigenvalue weighted by atomic mass is 16.5. The van der Waals surface area contributed by atoms with Gasteiger partial charge in [-0.2, -0.15) is 0 Å². The summed E-state index contributed by atoms with van der Waals surface area (Å²) in [5, 5.41) is 10.2. The standard InChI is InChI=1S/C23H36O3/c1-5-15-7-9-19-18-8-6-16-12-17(25)10-11-22(16,3)21(18)20(26-14(2)24)13-23(15,19)4/h5,15-21,25H,1,6-13H2,2-4H3/t15-,16-,17+,18-,19-,20?,21+,22-,23+/m0/s1. The second kappa shape index (κ2) is 6.36. The van der Waals surface area contributed by atoms with Crippen molar-refractivity contribution in [3.63, 3.8) is 0 Å². The third-order valence-corrected chi connectivity index (χ3v) is 9.22. The summed E-state index contributed by atoms with van der Waals surface area (Å²) >= 11 is 0. The van der Waals surface area contributed by atoms with Crippen LogP contribution in [0, 0.1) is 40.4 Å². The van der Waals surface area contributed by atoms with Crippen LogP contribution in [0.25, 0.3) is 0 Å². The molecule has 0 aromatic heterocycles. The van der Waals surface area contributed by atoms with E-state index in [1.807, 2.05) is 0 Å². The van der Waals surface area contributed by atoms with Gasteiger partial charge in [0.15, 0.2) is 0 Å². The van der Waals surface area contributed by atoms with Gasteiger partial charge in [0.25, 0.3) is 0 Å². The molecule has 0 aromatic carbocycles. The van der Waals surface area contributed by atoms with Gasteiger partial charge in [-0.3, -0.25) is 4.79 Å². The predicted molar refractivity (Wildman–Crippen MR) is 102 cm³/mol. The minimum absolute atomic E-state index is 0.0299. The van der Waals surface area contributed by atoms with Crippen LogP contribution in [0.15, 0.2) is 12.7 Å². The maximum Gasteiger partial charge on any atom is 0.302 e. The van der Waals surface area contributed by atoms with Gasteiger partial charge in [-0.1, -0.05) is 19.9 Å². The first-order valence-electron chi connectivity index (χ1n) is 10.8. The molecule has 4 aliphatic carbocycles. The molecule has 26 heavy (non-hydrogen) atoms. The summed E-state index contributed by atoms with van der Waals surface area (Å²) in [6.07, 6.45) is 11.0. The Morgan fingerprint density at radius 1 is 1.15 bits per heavy atom. The molecule has 0 aromatic rings. The van der Waals surface area contributed by atoms with Gasteiger partial charge in [0.05, 0.1) is 6.10 Å². The fourth-order valence-electron chi connectivity index (χ4n) is 8.07. The second-order valence-corrected chi connectivity index (χ2v) is 10.3. The molecule has 0 amide bonds. The molecule has 0 bridgehead atoms. The minimum Gasteiger partial charge on any atom is -0.462 e. The Morgan fingerprint density at radius 3 is 2.62 bits per heavy atom. The van der Waals surface area contributed by atoms with Crippen molar-refractivity contribution in [2.75, 3.05) is 0 Å². The molecule has 0 heterocycles. The first-order chi connectivity index (χ1) is 12.3. The van der Waals surface area contributed by atoms with Crippen LogP contribution in [0.4, 0.5) is 0 Å². The molecule has 9 atom stereocenters. The first-order valence-corrected chi connectivity index (χ1v) is 10.8. The van der Waals surface area contributed by atoms with Gasteiger partial charge >= 0.3 is 5.97 Å². The quantitative estimate of drug-likeness (QED) is 0.572. The number of aliphatic hydroxyl groups excluding tert-OH is 1. The highest BCUT2D eigenvalue weighted by Gasteiger charge is 2.63. The van der Waals surface area contributed by atoms with E-state index < -0.39 is 0 Å². The molecule has 4 aliphatic rings. The molecule has 0 radical (unpaired) electrons. The Kier molecular flexibility index (Phi) is 4.53. The highest BCUT2D eigenvalue weighted by molar-refractivity contribution is 5.66. The number of esters is 1. The fraction of sp³-hybridized carbons (Fsp3) is 0.870. The summed E-state index contributed by atoms with van der Waals surface area (Å²) in [6, 6.07) is 0. The van der Waals surface area contributed by atoms with Crippen LogP contribution in [0.1, 0.15) is 72.1 Å². The molecule has 4 saturated carbocycles. The summed E-state index contributed by atoms with van der Waals surface area (Å²) < 4.78 is 6.03. The maximum absolute atomic E-state index is 12.0. The van der Waals surface area contributed by atoms with Gasteiger partial charge < -0.3 is 9.84 Å². The zero-order chi connectivity index (χ0) is 18.7. The second-order valence-electron chi connectivity index (χ2n) is 10.3. The van der Waals surface area contributed by atoms with Crippen molar-refractivity contribution in [1.29, 1.82) is 0 Å². The van der Waals surface area contributed by atoms with Crippen LogP contribution in [0.5, 0.6) is 0 Å². The number of hydrogen-bond donors (Lipinski definition) is 1. The number of ether oxygens (including phenoxy) is 1. The monoisotopic (exact) mass is 360 g/mol. The molecule has 0 spiro atoms. The molecule has 4 fully saturated rings. The lowest BCUT2D eigenvalue weighted by Crippen LogP contribution is -2.59. The van der Waals surface area contributed by atoms with Gasteiger partial charge in [-0.25, -0.2) is 0 Å². The summed E-state index contributed by atoms with van der Waals surface area (Å²) in [4.78, 5) is 12.0. The van der Waals surface area contributed by atoms with Crippen LogP contribution in [0.2, 0.25) is 0 Å². The lowest BCUT2D eigenvalue weighted by molar-refractivity contribution is -0.196. The molecule has 4 rings (SSSR count). The van der Waals surface area contributed by atoms with E-state index in [0.717, 1.165) is 31.6 Å². The van der Waals surface area contributed by atoms with Crippen molar-refractivity contribution < 1.29 is 14.6 Å². The number of allylic oxidation sites excluding steroid dienone is 1. The average molecular weight is 361 g/mol. The SMILES string of the molecule is C=C[C@H]1CC[C@H]2[C@@H]3CC[C@H]4C[C@H](O)CC[C@]4(C)[C@H]3C(OC(C)=O)C[C@]12C. The third-order valence-electron chi connectivity index (χ3n) is 9.22. The largest absolute Gasteiger partial charge is 0.462 e. The van der Waals surface area contributed by atoms with E-state index in [2.05, 4.69) is 26.5 Å². The van der Waals surface area contributed by atoms with E-state index in [9.17, 15) is 9.90 Å². The molecular formula is C23H36O3. The van der Waals surface area contributed by atoms with E-state index >= 15 is 0 Å². The first kappa shape index (κ1) is 18.5. The zero-order valence-electron chi connectivity index (χ0n) is 16.7. The molecule has 1 unspecified atom stereocenters. The van der Waals surface area contributed by atoms with Crippen molar-refractivity contribution in [2.24, 2.45) is 40.4 Å². The highest BCUT2D eigenvalue weighted by Crippen LogP contribution is 2.68. The van der Waals surface area contributed by atoms with Gasteiger partial charge in [-0.05, 0) is 85.9 Å². The number of carbonyl (C=O) groups excluding carboxylic acids is 1. The van der Waals surface area contributed by atoms with E-state index in [-0.39, 0.29) is 29.0 Å². The molecular weight excluding hydrogens is 324 g/mol. The summed E-state index contributed by atoms with van der Waals surface area (Å²) in [5.41, 5.74) is 0.427. The average Bonchev–Trinajstić information content (AvgIpc) is 2.90. The van der Waals surface area contributed by atoms with E-state index in [0.29, 0.717) is 23.7 Å². The van der Waals surface area contributed by atoms with Crippen molar-refractivity contribution in [3.05, 3.63) is 12.7 Å². The maximum atomic E-state index is 12.0. The van der Waals surface area contributed by atoms with Crippen molar-refractivity contribution in [2.45, 2.75) is 84.3 Å². The zero-order valence-corrected chi connectivity index (χ0v) is 16.7. The van der Waals surface area contributed by atoms with Gasteiger partial charge in [0.1, 0.15) is 6.10 Å². The third kappa shape index (κ3) is 2.60. The van der Waals surface area contributed by atoms with Crippen LogP contribution in [-0.4, -0.2) is 23.3 Å². The van der Waals surface area contributed by atoms with E-state index in [1.165, 1.54) is 25.7 Å². The summed E-state index contributed by atoms with van der Waals surface area (Å²) in [6.45, 7) is 10.6. The number of rotatable bonds is 2. The van der Waals surface area contributed by atoms with Crippen LogP contribution < -0.4 is 0 Å². The number of hydrogen-bond acceptors (Lipinski definition) is 3. The Hall–Kier alpha value is -0.830. The minimum atomic E-state index is -0.137. The van der Waals surface area contributed by atoms with Gasteiger partial charge in [0, 0.05) is 12.8 Å². The molecule has 3 nitrogen and oxygen atoms in total. The van der Waals surface area contributed by atoms with E-state index in [1.54, 1.807) is 6.92 Å². The van der Waals surface area contributed by atoms with Crippen molar-refractivity contribution in [1.82, 2.24) is 0 Å². The topological polar surface area (TPSA) is 46.5 Å². The summed E-state index contributed by atoms with van der Waals surface area (Å²) in [5.74, 6) is 2.83. The molecule has 3 heteroatoms. The fourth-order valence-corrected chi connectivity index (χ4v) is 8.07. The molecule has 0 saturated heterocycles. The van der Waals surface area contributed by atoms with Crippen molar-refractivity contribution in [3.8, 4) is 0 Å². The lowest BCUT2D eigenvalue weighted by atomic mass is 9.44.